The lowest BCUT2D eigenvalue weighted by molar-refractivity contribution is 0.00146. The topological polar surface area (TPSA) is 74.9 Å². The number of halogens is 3. The van der Waals surface area contributed by atoms with Crippen LogP contribution < -0.4 is 0 Å². The number of aromatic nitrogens is 1. The first-order chi connectivity index (χ1) is 22.4. The molecule has 3 heterocycles. The lowest BCUT2D eigenvalue weighted by Crippen LogP contribution is -2.54. The van der Waals surface area contributed by atoms with E-state index < -0.39 is 47.2 Å². The molecule has 248 valence electrons. The van der Waals surface area contributed by atoms with Gasteiger partial charge in [-0.05, 0) is 63.4 Å². The summed E-state index contributed by atoms with van der Waals surface area (Å²) in [5.41, 5.74) is 2.24. The number of ketones is 1. The van der Waals surface area contributed by atoms with Crippen LogP contribution in [0.5, 0.6) is 0 Å². The van der Waals surface area contributed by atoms with Crippen LogP contribution in [0.4, 0.5) is 18.0 Å². The molecule has 3 aromatic carbocycles. The Morgan fingerprint density at radius 2 is 1.66 bits per heavy atom. The predicted octanol–water partition coefficient (Wildman–Crippen LogP) is 7.39. The van der Waals surface area contributed by atoms with Gasteiger partial charge in [0.05, 0.1) is 25.2 Å². The van der Waals surface area contributed by atoms with E-state index in [4.69, 9.17) is 9.47 Å². The number of nitrogens with zero attached hydrogens (tertiary/aromatic N) is 2. The number of alkyl halides is 1. The largest absolute Gasteiger partial charge is 0.444 e. The molecule has 7 nitrogen and oxygen atoms in total. The number of Topliss-reactive ketones (excluding diaryl/α,β-unsaturated/α-hetero) is 1. The zero-order valence-corrected chi connectivity index (χ0v) is 27.1. The SMILES string of the molecule is C[C@@H]1Cc2c([nH]c3ccccc23)[C@@H](c2c(F)cc(C(=O)C3CN(C(=O)OC(C)(C)C)C3)cc2F)N1CC(F)COCc1ccccc1. The van der Waals surface area contributed by atoms with E-state index in [9.17, 15) is 9.59 Å². The van der Waals surface area contributed by atoms with Crippen LogP contribution in [0.15, 0.2) is 66.7 Å². The average molecular weight is 648 g/mol. The van der Waals surface area contributed by atoms with Crippen molar-refractivity contribution < 1.29 is 32.2 Å². The number of hydrogen-bond acceptors (Lipinski definition) is 5. The number of carbonyl (C=O) groups is 2. The predicted molar refractivity (Wildman–Crippen MR) is 173 cm³/mol. The molecule has 0 aliphatic carbocycles. The molecule has 1 saturated heterocycles. The number of benzene rings is 3. The molecule has 0 radical (unpaired) electrons. The van der Waals surface area contributed by atoms with Gasteiger partial charge in [-0.2, -0.15) is 0 Å². The zero-order chi connectivity index (χ0) is 33.5. The molecule has 0 bridgehead atoms. The van der Waals surface area contributed by atoms with Gasteiger partial charge in [0.15, 0.2) is 5.78 Å². The van der Waals surface area contributed by atoms with Gasteiger partial charge in [-0.3, -0.25) is 9.69 Å². The summed E-state index contributed by atoms with van der Waals surface area (Å²) in [4.78, 5) is 32.1. The molecule has 10 heteroatoms. The minimum atomic E-state index is -1.42. The number of H-pyrrole nitrogens is 1. The van der Waals surface area contributed by atoms with Gasteiger partial charge in [0.1, 0.15) is 23.4 Å². The smallest absolute Gasteiger partial charge is 0.410 e. The molecular formula is C37H40F3N3O4. The second kappa shape index (κ2) is 13.2. The number of carbonyl (C=O) groups excluding carboxylic acids is 2. The number of likely N-dealkylation sites (tertiary alicyclic amines) is 1. The van der Waals surface area contributed by atoms with Gasteiger partial charge in [-0.15, -0.1) is 0 Å². The summed E-state index contributed by atoms with van der Waals surface area (Å²) in [5.74, 6) is -2.82. The Bertz CT molecular complexity index is 1740. The van der Waals surface area contributed by atoms with E-state index in [-0.39, 0.29) is 50.0 Å². The van der Waals surface area contributed by atoms with Gasteiger partial charge in [-0.25, -0.2) is 18.0 Å². The van der Waals surface area contributed by atoms with E-state index in [1.165, 1.54) is 4.90 Å². The van der Waals surface area contributed by atoms with Gasteiger partial charge in [0.25, 0.3) is 0 Å². The van der Waals surface area contributed by atoms with E-state index in [1.807, 2.05) is 61.5 Å². The van der Waals surface area contributed by atoms with Crippen LogP contribution in [-0.2, 0) is 22.5 Å². The van der Waals surface area contributed by atoms with Crippen LogP contribution in [0.1, 0.15) is 66.5 Å². The third kappa shape index (κ3) is 6.94. The second-order valence-electron chi connectivity index (χ2n) is 13.6. The monoisotopic (exact) mass is 647 g/mol. The first kappa shape index (κ1) is 32.8. The van der Waals surface area contributed by atoms with Crippen LogP contribution in [0, 0.1) is 17.6 Å². The molecule has 1 amide bonds. The summed E-state index contributed by atoms with van der Waals surface area (Å²) >= 11 is 0. The molecule has 1 unspecified atom stereocenters. The summed E-state index contributed by atoms with van der Waals surface area (Å²) < 4.78 is 58.9. The Kier molecular flexibility index (Phi) is 9.18. The number of rotatable bonds is 9. The number of fused-ring (bicyclic) bond motifs is 3. The minimum absolute atomic E-state index is 0.106. The maximum atomic E-state index is 16.2. The molecule has 2 aliphatic rings. The quantitative estimate of drug-likeness (QED) is 0.192. The Labute approximate surface area is 272 Å². The van der Waals surface area contributed by atoms with Crippen molar-refractivity contribution >= 4 is 22.8 Å². The summed E-state index contributed by atoms with van der Waals surface area (Å²) in [6, 6.07) is 18.0. The van der Waals surface area contributed by atoms with Gasteiger partial charge < -0.3 is 19.4 Å². The number of ether oxygens (including phenoxy) is 2. The molecule has 4 aromatic rings. The zero-order valence-electron chi connectivity index (χ0n) is 27.1. The third-order valence-corrected chi connectivity index (χ3v) is 8.88. The second-order valence-corrected chi connectivity index (χ2v) is 13.6. The molecule has 1 fully saturated rings. The van der Waals surface area contributed by atoms with Crippen molar-refractivity contribution in [1.82, 2.24) is 14.8 Å². The van der Waals surface area contributed by atoms with E-state index in [0.717, 1.165) is 34.2 Å². The van der Waals surface area contributed by atoms with Gasteiger partial charge in [-0.1, -0.05) is 48.5 Å². The number of amides is 1. The lowest BCUT2D eigenvalue weighted by Gasteiger charge is -2.42. The van der Waals surface area contributed by atoms with Crippen molar-refractivity contribution in [2.45, 2.75) is 64.6 Å². The first-order valence-corrected chi connectivity index (χ1v) is 16.0. The Morgan fingerprint density at radius 3 is 2.34 bits per heavy atom. The van der Waals surface area contributed by atoms with E-state index in [1.54, 1.807) is 25.7 Å². The summed E-state index contributed by atoms with van der Waals surface area (Å²) in [6.45, 7) is 7.35. The normalized spacial score (nSPS) is 19.3. The van der Waals surface area contributed by atoms with Crippen molar-refractivity contribution in [3.63, 3.8) is 0 Å². The van der Waals surface area contributed by atoms with Gasteiger partial charge in [0, 0.05) is 53.4 Å². The minimum Gasteiger partial charge on any atom is -0.444 e. The van der Waals surface area contributed by atoms with Crippen molar-refractivity contribution in [1.29, 1.82) is 0 Å². The number of aromatic amines is 1. The number of para-hydroxylation sites is 1. The highest BCUT2D eigenvalue weighted by Crippen LogP contribution is 2.43. The number of nitrogens with one attached hydrogen (secondary N) is 1. The van der Waals surface area contributed by atoms with Crippen molar-refractivity contribution in [2.75, 3.05) is 26.2 Å². The van der Waals surface area contributed by atoms with Crippen LogP contribution in [0.25, 0.3) is 10.9 Å². The third-order valence-electron chi connectivity index (χ3n) is 8.88. The highest BCUT2D eigenvalue weighted by molar-refractivity contribution is 5.99. The summed E-state index contributed by atoms with van der Waals surface area (Å²) in [7, 11) is 0. The summed E-state index contributed by atoms with van der Waals surface area (Å²) in [6.07, 6.45) is -1.40. The maximum absolute atomic E-state index is 16.2. The molecule has 2 aliphatic heterocycles. The molecule has 0 saturated carbocycles. The maximum Gasteiger partial charge on any atom is 0.410 e. The number of hydrogen-bond donors (Lipinski definition) is 1. The van der Waals surface area contributed by atoms with Crippen LogP contribution in [-0.4, -0.2) is 70.7 Å². The molecule has 1 N–H and O–H groups in total. The fourth-order valence-corrected chi connectivity index (χ4v) is 6.61. The molecule has 6 rings (SSSR count). The Balaban J connectivity index is 1.26. The molecule has 47 heavy (non-hydrogen) atoms. The molecular weight excluding hydrogens is 607 g/mol. The molecule has 3 atom stereocenters. The highest BCUT2D eigenvalue weighted by atomic mass is 19.1. The standard InChI is InChI=1S/C37H40F3N3O4/c1-22-14-28-27-12-8-9-13-31(27)41-33(28)34(43(22)19-26(38)21-46-20-23-10-6-5-7-11-23)32-29(39)15-24(16-30(32)40)35(44)25-17-42(18-25)36(45)47-37(2,3)4/h5-13,15-16,22,25-26,34,41H,14,17-21H2,1-4H3/t22-,26?,34-/m1/s1. The van der Waals surface area contributed by atoms with Crippen molar-refractivity contribution in [2.24, 2.45) is 5.92 Å². The Hall–Kier alpha value is -4.15. The van der Waals surface area contributed by atoms with E-state index in [0.29, 0.717) is 12.1 Å². The lowest BCUT2D eigenvalue weighted by atomic mass is 9.86. The molecule has 1 aromatic heterocycles. The summed E-state index contributed by atoms with van der Waals surface area (Å²) in [5, 5.41) is 0.953. The van der Waals surface area contributed by atoms with Gasteiger partial charge >= 0.3 is 6.09 Å². The van der Waals surface area contributed by atoms with Crippen molar-refractivity contribution in [3.8, 4) is 0 Å². The highest BCUT2D eigenvalue weighted by Gasteiger charge is 2.42. The van der Waals surface area contributed by atoms with E-state index >= 15 is 13.2 Å². The van der Waals surface area contributed by atoms with E-state index in [2.05, 4.69) is 4.98 Å². The Morgan fingerprint density at radius 1 is 1.00 bits per heavy atom. The average Bonchev–Trinajstić information content (AvgIpc) is 3.35. The van der Waals surface area contributed by atoms with Crippen LogP contribution in [0.2, 0.25) is 0 Å². The first-order valence-electron chi connectivity index (χ1n) is 16.0. The van der Waals surface area contributed by atoms with Crippen LogP contribution in [0.3, 0.4) is 0 Å². The van der Waals surface area contributed by atoms with Gasteiger partial charge in [0.2, 0.25) is 0 Å². The molecule has 0 spiro atoms. The van der Waals surface area contributed by atoms with Crippen molar-refractivity contribution in [3.05, 3.63) is 106 Å². The fourth-order valence-electron chi connectivity index (χ4n) is 6.61. The fraction of sp³-hybridized carbons (Fsp3) is 0.405. The van der Waals surface area contributed by atoms with Crippen LogP contribution >= 0.6 is 0 Å².